The van der Waals surface area contributed by atoms with Crippen LogP contribution in [0.5, 0.6) is 0 Å². The van der Waals surface area contributed by atoms with Crippen LogP contribution in [0.2, 0.25) is 0 Å². The van der Waals surface area contributed by atoms with E-state index in [9.17, 15) is 0 Å². The van der Waals surface area contributed by atoms with E-state index in [4.69, 9.17) is 5.26 Å². The molecule has 0 aliphatic carbocycles. The van der Waals surface area contributed by atoms with Gasteiger partial charge in [0.2, 0.25) is 0 Å². The normalized spacial score (nSPS) is 22.4. The van der Waals surface area contributed by atoms with Crippen LogP contribution >= 0.6 is 11.3 Å². The van der Waals surface area contributed by atoms with Crippen LogP contribution < -0.4 is 5.32 Å². The minimum atomic E-state index is 0.650. The number of rotatable bonds is 1. The van der Waals surface area contributed by atoms with Crippen LogP contribution in [0.3, 0.4) is 0 Å². The average Bonchev–Trinajstić information content (AvgIpc) is 2.75. The van der Waals surface area contributed by atoms with Crippen LogP contribution in [-0.2, 0) is 0 Å². The molecule has 1 fully saturated rings. The molecule has 1 atom stereocenters. The second-order valence-corrected chi connectivity index (χ2v) is 4.12. The van der Waals surface area contributed by atoms with Crippen molar-refractivity contribution in [2.24, 2.45) is 0 Å². The number of nitrogens with zero attached hydrogens (tertiary/aromatic N) is 1. The van der Waals surface area contributed by atoms with E-state index >= 15 is 0 Å². The number of hydrogen-bond acceptors (Lipinski definition) is 3. The topological polar surface area (TPSA) is 35.8 Å². The van der Waals surface area contributed by atoms with Crippen molar-refractivity contribution >= 4 is 11.3 Å². The summed E-state index contributed by atoms with van der Waals surface area (Å²) in [6.45, 7) is 2.19. The standard InChI is InChI=1S/C9H10N2S/c10-5-8-1-2-9(12-8)7-3-4-11-6-7/h1-2,7,11H,3-4,6H2. The van der Waals surface area contributed by atoms with Crippen LogP contribution in [0.4, 0.5) is 0 Å². The van der Waals surface area contributed by atoms with E-state index in [1.54, 1.807) is 11.3 Å². The van der Waals surface area contributed by atoms with E-state index in [0.29, 0.717) is 5.92 Å². The van der Waals surface area contributed by atoms with Crippen molar-refractivity contribution in [2.45, 2.75) is 12.3 Å². The van der Waals surface area contributed by atoms with E-state index in [-0.39, 0.29) is 0 Å². The molecular formula is C9H10N2S. The van der Waals surface area contributed by atoms with E-state index in [0.717, 1.165) is 18.0 Å². The fourth-order valence-electron chi connectivity index (χ4n) is 1.53. The monoisotopic (exact) mass is 178 g/mol. The van der Waals surface area contributed by atoms with Crippen LogP contribution in [-0.4, -0.2) is 13.1 Å². The largest absolute Gasteiger partial charge is 0.316 e. The summed E-state index contributed by atoms with van der Waals surface area (Å²) in [5.74, 6) is 0.650. The molecule has 1 N–H and O–H groups in total. The molecule has 2 nitrogen and oxygen atoms in total. The third-order valence-corrected chi connectivity index (χ3v) is 3.35. The lowest BCUT2D eigenvalue weighted by atomic mass is 10.1. The second kappa shape index (κ2) is 3.26. The van der Waals surface area contributed by atoms with Gasteiger partial charge in [0.05, 0.1) is 0 Å². The third-order valence-electron chi connectivity index (χ3n) is 2.20. The maximum Gasteiger partial charge on any atom is 0.110 e. The lowest BCUT2D eigenvalue weighted by Crippen LogP contribution is -2.07. The maximum atomic E-state index is 8.64. The van der Waals surface area contributed by atoms with Gasteiger partial charge < -0.3 is 5.32 Å². The van der Waals surface area contributed by atoms with Gasteiger partial charge in [0.25, 0.3) is 0 Å². The first-order chi connectivity index (χ1) is 5.90. The lowest BCUT2D eigenvalue weighted by Gasteiger charge is -2.02. The summed E-state index contributed by atoms with van der Waals surface area (Å²) in [7, 11) is 0. The van der Waals surface area contributed by atoms with Gasteiger partial charge in [-0.1, -0.05) is 0 Å². The number of thiophene rings is 1. The Labute approximate surface area is 75.8 Å². The van der Waals surface area contributed by atoms with E-state index in [1.165, 1.54) is 11.3 Å². The second-order valence-electron chi connectivity index (χ2n) is 3.00. The first-order valence-electron chi connectivity index (χ1n) is 4.10. The van der Waals surface area contributed by atoms with Crippen molar-refractivity contribution < 1.29 is 0 Å². The van der Waals surface area contributed by atoms with Crippen molar-refractivity contribution in [1.82, 2.24) is 5.32 Å². The van der Waals surface area contributed by atoms with Crippen LogP contribution in [0, 0.1) is 11.3 Å². The van der Waals surface area contributed by atoms with Gasteiger partial charge in [0, 0.05) is 17.3 Å². The lowest BCUT2D eigenvalue weighted by molar-refractivity contribution is 0.779. The van der Waals surface area contributed by atoms with Gasteiger partial charge in [0.1, 0.15) is 10.9 Å². The minimum absolute atomic E-state index is 0.650. The first-order valence-corrected chi connectivity index (χ1v) is 4.92. The Kier molecular flexibility index (Phi) is 2.11. The Morgan fingerprint density at radius 1 is 1.58 bits per heavy atom. The SMILES string of the molecule is N#Cc1ccc(C2CCNC2)s1. The molecule has 0 amide bonds. The smallest absolute Gasteiger partial charge is 0.110 e. The number of hydrogen-bond donors (Lipinski definition) is 1. The molecule has 1 aliphatic rings. The van der Waals surface area contributed by atoms with E-state index < -0.39 is 0 Å². The molecule has 1 unspecified atom stereocenters. The molecule has 0 saturated carbocycles. The summed E-state index contributed by atoms with van der Waals surface area (Å²) in [5, 5.41) is 12.0. The van der Waals surface area contributed by atoms with E-state index in [1.807, 2.05) is 6.07 Å². The highest BCUT2D eigenvalue weighted by atomic mass is 32.1. The Morgan fingerprint density at radius 2 is 2.50 bits per heavy atom. The van der Waals surface area contributed by atoms with Crippen LogP contribution in [0.1, 0.15) is 22.1 Å². The molecule has 62 valence electrons. The van der Waals surface area contributed by atoms with E-state index in [2.05, 4.69) is 17.5 Å². The molecule has 12 heavy (non-hydrogen) atoms. The average molecular weight is 178 g/mol. The van der Waals surface area contributed by atoms with Crippen LogP contribution in [0.25, 0.3) is 0 Å². The number of nitrogens with one attached hydrogen (secondary N) is 1. The molecule has 2 rings (SSSR count). The predicted molar refractivity (Wildman–Crippen MR) is 49.3 cm³/mol. The molecule has 1 saturated heterocycles. The van der Waals surface area contributed by atoms with Crippen molar-refractivity contribution in [3.8, 4) is 6.07 Å². The van der Waals surface area contributed by atoms with Crippen molar-refractivity contribution in [2.75, 3.05) is 13.1 Å². The van der Waals surface area contributed by atoms with Gasteiger partial charge in [0.15, 0.2) is 0 Å². The Balaban J connectivity index is 2.17. The zero-order valence-electron chi connectivity index (χ0n) is 6.71. The predicted octanol–water partition coefficient (Wildman–Crippen LogP) is 1.70. The molecule has 1 aliphatic heterocycles. The quantitative estimate of drug-likeness (QED) is 0.710. The third kappa shape index (κ3) is 1.36. The zero-order chi connectivity index (χ0) is 8.39. The molecule has 3 heteroatoms. The summed E-state index contributed by atoms with van der Waals surface area (Å²) in [4.78, 5) is 2.19. The van der Waals surface area contributed by atoms with Gasteiger partial charge in [-0.2, -0.15) is 5.26 Å². The van der Waals surface area contributed by atoms with Crippen LogP contribution in [0.15, 0.2) is 12.1 Å². The Hall–Kier alpha value is -0.850. The number of nitriles is 1. The fraction of sp³-hybridized carbons (Fsp3) is 0.444. The maximum absolute atomic E-state index is 8.64. The summed E-state index contributed by atoms with van der Waals surface area (Å²) in [6, 6.07) is 6.17. The molecule has 1 aromatic rings. The molecule has 0 aromatic carbocycles. The Morgan fingerprint density at radius 3 is 3.08 bits per heavy atom. The summed E-state index contributed by atoms with van der Waals surface area (Å²) < 4.78 is 0. The van der Waals surface area contributed by atoms with Gasteiger partial charge in [-0.15, -0.1) is 11.3 Å². The highest BCUT2D eigenvalue weighted by molar-refractivity contribution is 7.12. The molecule has 0 bridgehead atoms. The van der Waals surface area contributed by atoms with Gasteiger partial charge in [-0.3, -0.25) is 0 Å². The summed E-state index contributed by atoms with van der Waals surface area (Å²) in [5.41, 5.74) is 0. The molecule has 0 spiro atoms. The van der Waals surface area contributed by atoms with Gasteiger partial charge >= 0.3 is 0 Å². The first kappa shape index (κ1) is 7.78. The van der Waals surface area contributed by atoms with Crippen molar-refractivity contribution in [1.29, 1.82) is 5.26 Å². The highest BCUT2D eigenvalue weighted by Crippen LogP contribution is 2.28. The summed E-state index contributed by atoms with van der Waals surface area (Å²) >= 11 is 1.63. The van der Waals surface area contributed by atoms with Crippen molar-refractivity contribution in [3.63, 3.8) is 0 Å². The van der Waals surface area contributed by atoms with Crippen molar-refractivity contribution in [3.05, 3.63) is 21.9 Å². The molecule has 0 radical (unpaired) electrons. The van der Waals surface area contributed by atoms with Gasteiger partial charge in [-0.05, 0) is 25.1 Å². The molecular weight excluding hydrogens is 168 g/mol. The zero-order valence-corrected chi connectivity index (χ0v) is 7.53. The molecule has 1 aromatic heterocycles. The Bertz CT molecular complexity index is 305. The highest BCUT2D eigenvalue weighted by Gasteiger charge is 2.17. The summed E-state index contributed by atoms with van der Waals surface area (Å²) in [6.07, 6.45) is 1.21. The van der Waals surface area contributed by atoms with Gasteiger partial charge in [-0.25, -0.2) is 0 Å². The fourth-order valence-corrected chi connectivity index (χ4v) is 2.47. The molecule has 2 heterocycles. The minimum Gasteiger partial charge on any atom is -0.316 e.